The molecule has 2 aliphatic rings. The van der Waals surface area contributed by atoms with Crippen LogP contribution in [0.2, 0.25) is 0 Å². The van der Waals surface area contributed by atoms with E-state index in [2.05, 4.69) is 164 Å². The van der Waals surface area contributed by atoms with Crippen molar-refractivity contribution < 1.29 is 4.42 Å². The molecule has 0 radical (unpaired) electrons. The molecule has 324 valence electrons. The van der Waals surface area contributed by atoms with Gasteiger partial charge in [-0.2, -0.15) is 0 Å². The maximum atomic E-state index is 6.58. The number of hydrogen-bond acceptors (Lipinski definition) is 4. The molecule has 70 heavy (non-hydrogen) atoms. The molecule has 2 aliphatic carbocycles. The Hall–Kier alpha value is -9.25. The topological polar surface area (TPSA) is 51.8 Å². The highest BCUT2D eigenvalue weighted by molar-refractivity contribution is 6.18. The highest BCUT2D eigenvalue weighted by Crippen LogP contribution is 2.64. The molecule has 0 bridgehead atoms. The largest absolute Gasteiger partial charge is 0.456 e. The van der Waals surface area contributed by atoms with Gasteiger partial charge >= 0.3 is 0 Å². The lowest BCUT2D eigenvalue weighted by Crippen LogP contribution is -2.25. The van der Waals surface area contributed by atoms with Gasteiger partial charge in [0.05, 0.1) is 5.41 Å². The van der Waals surface area contributed by atoms with Gasteiger partial charge in [-0.1, -0.05) is 218 Å². The summed E-state index contributed by atoms with van der Waals surface area (Å²) in [5, 5.41) is 6.84. The molecule has 0 amide bonds. The third kappa shape index (κ3) is 5.44. The van der Waals surface area contributed by atoms with Crippen molar-refractivity contribution in [3.05, 3.63) is 259 Å². The van der Waals surface area contributed by atoms with E-state index in [0.717, 1.165) is 49.8 Å². The van der Waals surface area contributed by atoms with E-state index >= 15 is 0 Å². The monoisotopic (exact) mass is 889 g/mol. The van der Waals surface area contributed by atoms with Gasteiger partial charge < -0.3 is 4.42 Å². The van der Waals surface area contributed by atoms with E-state index in [1.165, 1.54) is 77.2 Å². The Morgan fingerprint density at radius 2 is 0.757 bits per heavy atom. The SMILES string of the molecule is c1ccc(-c2nc(-c3ccccc3)nc(-c3cccc4oc5ccc(-c6cccc7c6ccc6c(-c8cccc9c8-c8ccccc8C98c9ccccc9-c9ccccc98)cccc67)cc5c34)n2)cc1. The highest BCUT2D eigenvalue weighted by atomic mass is 16.3. The van der Waals surface area contributed by atoms with Gasteiger partial charge in [-0.25, -0.2) is 15.0 Å². The number of benzene rings is 11. The normalized spacial score (nSPS) is 13.0. The average molecular weight is 890 g/mol. The molecule has 11 aromatic carbocycles. The minimum Gasteiger partial charge on any atom is -0.456 e. The van der Waals surface area contributed by atoms with E-state index in [4.69, 9.17) is 19.4 Å². The zero-order chi connectivity index (χ0) is 45.9. The lowest BCUT2D eigenvalue weighted by atomic mass is 9.70. The molecule has 0 N–H and O–H groups in total. The minimum atomic E-state index is -0.398. The minimum absolute atomic E-state index is 0.398. The molecular formula is C66H39N3O. The van der Waals surface area contributed by atoms with Crippen LogP contribution in [0.15, 0.2) is 241 Å². The van der Waals surface area contributed by atoms with E-state index in [-0.39, 0.29) is 0 Å². The Morgan fingerprint density at radius 1 is 0.271 bits per heavy atom. The number of hydrogen-bond donors (Lipinski definition) is 0. The first kappa shape index (κ1) is 38.8. The summed E-state index contributed by atoms with van der Waals surface area (Å²) in [6.45, 7) is 0. The second-order valence-corrected chi connectivity index (χ2v) is 18.5. The first-order chi connectivity index (χ1) is 34.7. The summed E-state index contributed by atoms with van der Waals surface area (Å²) in [4.78, 5) is 15.2. The summed E-state index contributed by atoms with van der Waals surface area (Å²) in [6, 6.07) is 85.3. The van der Waals surface area contributed by atoms with Crippen LogP contribution in [-0.4, -0.2) is 15.0 Å². The maximum absolute atomic E-state index is 6.58. The van der Waals surface area contributed by atoms with Crippen LogP contribution in [0, 0.1) is 0 Å². The smallest absolute Gasteiger partial charge is 0.164 e. The van der Waals surface area contributed by atoms with E-state index in [0.29, 0.717) is 17.5 Å². The molecule has 0 fully saturated rings. The van der Waals surface area contributed by atoms with Crippen LogP contribution in [0.5, 0.6) is 0 Å². The van der Waals surface area contributed by atoms with Crippen molar-refractivity contribution in [1.82, 2.24) is 15.0 Å². The molecule has 0 atom stereocenters. The molecule has 0 saturated heterocycles. The molecule has 0 unspecified atom stereocenters. The Kier molecular flexibility index (Phi) is 8.25. The van der Waals surface area contributed by atoms with Crippen LogP contribution in [0.4, 0.5) is 0 Å². The van der Waals surface area contributed by atoms with E-state index in [1.807, 2.05) is 72.8 Å². The fraction of sp³-hybridized carbons (Fsp3) is 0.0152. The van der Waals surface area contributed by atoms with Gasteiger partial charge in [0, 0.05) is 27.5 Å². The van der Waals surface area contributed by atoms with Gasteiger partial charge in [0.1, 0.15) is 11.2 Å². The van der Waals surface area contributed by atoms with Gasteiger partial charge in [-0.3, -0.25) is 0 Å². The van der Waals surface area contributed by atoms with Gasteiger partial charge in [0.15, 0.2) is 17.5 Å². The van der Waals surface area contributed by atoms with Crippen molar-refractivity contribution in [3.8, 4) is 78.7 Å². The zero-order valence-corrected chi connectivity index (χ0v) is 37.8. The van der Waals surface area contributed by atoms with Crippen LogP contribution in [0.3, 0.4) is 0 Å². The van der Waals surface area contributed by atoms with E-state index in [1.54, 1.807) is 0 Å². The highest BCUT2D eigenvalue weighted by Gasteiger charge is 2.52. The Morgan fingerprint density at radius 3 is 1.43 bits per heavy atom. The number of nitrogens with zero attached hydrogens (tertiary/aromatic N) is 3. The molecule has 4 heteroatoms. The van der Waals surface area contributed by atoms with E-state index in [9.17, 15) is 0 Å². The average Bonchev–Trinajstić information content (AvgIpc) is 4.07. The van der Waals surface area contributed by atoms with Gasteiger partial charge in [-0.15, -0.1) is 0 Å². The first-order valence-electron chi connectivity index (χ1n) is 23.9. The molecular weight excluding hydrogens is 851 g/mol. The molecule has 0 aliphatic heterocycles. The molecule has 15 rings (SSSR count). The summed E-state index contributed by atoms with van der Waals surface area (Å²) >= 11 is 0. The summed E-state index contributed by atoms with van der Waals surface area (Å²) in [6.07, 6.45) is 0. The summed E-state index contributed by atoms with van der Waals surface area (Å²) < 4.78 is 6.58. The third-order valence-electron chi connectivity index (χ3n) is 15.0. The van der Waals surface area contributed by atoms with Gasteiger partial charge in [0.25, 0.3) is 0 Å². The molecule has 1 spiro atoms. The predicted molar refractivity (Wildman–Crippen MR) is 286 cm³/mol. The number of aromatic nitrogens is 3. The van der Waals surface area contributed by atoms with Crippen molar-refractivity contribution in [3.63, 3.8) is 0 Å². The molecule has 2 aromatic heterocycles. The molecule has 4 nitrogen and oxygen atoms in total. The van der Waals surface area contributed by atoms with Crippen molar-refractivity contribution in [1.29, 1.82) is 0 Å². The quantitative estimate of drug-likeness (QED) is 0.162. The Bertz CT molecular complexity index is 4200. The lowest BCUT2D eigenvalue weighted by molar-refractivity contribution is 0.669. The van der Waals surface area contributed by atoms with Crippen LogP contribution in [0.25, 0.3) is 122 Å². The molecule has 2 heterocycles. The standard InChI is InChI=1S/C66H39N3O/c1-3-17-40(18-4-1)63-67-64(41-19-5-2-6-20-41)69-65(68-63)53-29-16-34-60-62(53)54-39-42(35-38-59(54)70-60)43-24-13-25-44-45-26-14-27-46(48(45)37-36-47(43)44)51-28-15-33-58-61(51)52-23-9-12-32-57(52)66(58)55-30-10-7-21-49(55)50-22-8-11-31-56(50)66/h1-39H. The van der Waals surface area contributed by atoms with Crippen molar-refractivity contribution in [2.24, 2.45) is 0 Å². The zero-order valence-electron chi connectivity index (χ0n) is 37.8. The summed E-state index contributed by atoms with van der Waals surface area (Å²) in [5.74, 6) is 1.84. The summed E-state index contributed by atoms with van der Waals surface area (Å²) in [7, 11) is 0. The maximum Gasteiger partial charge on any atom is 0.164 e. The van der Waals surface area contributed by atoms with Crippen molar-refractivity contribution in [2.75, 3.05) is 0 Å². The lowest BCUT2D eigenvalue weighted by Gasteiger charge is -2.30. The summed E-state index contributed by atoms with van der Waals surface area (Å²) in [5.41, 5.74) is 19.4. The second-order valence-electron chi connectivity index (χ2n) is 18.5. The number of fused-ring (bicyclic) bond motifs is 16. The fourth-order valence-corrected chi connectivity index (χ4v) is 12.1. The Balaban J connectivity index is 0.891. The fourth-order valence-electron chi connectivity index (χ4n) is 12.1. The van der Waals surface area contributed by atoms with E-state index < -0.39 is 5.41 Å². The van der Waals surface area contributed by atoms with Crippen LogP contribution >= 0.6 is 0 Å². The number of furan rings is 1. The second kappa shape index (κ2) is 14.9. The first-order valence-corrected chi connectivity index (χ1v) is 23.9. The predicted octanol–water partition coefficient (Wildman–Crippen LogP) is 16.8. The Labute approximate surface area is 403 Å². The third-order valence-corrected chi connectivity index (χ3v) is 15.0. The number of rotatable bonds is 5. The van der Waals surface area contributed by atoms with Gasteiger partial charge in [0.2, 0.25) is 0 Å². The van der Waals surface area contributed by atoms with Crippen LogP contribution < -0.4 is 0 Å². The van der Waals surface area contributed by atoms with Crippen molar-refractivity contribution in [2.45, 2.75) is 5.41 Å². The van der Waals surface area contributed by atoms with Gasteiger partial charge in [-0.05, 0) is 107 Å². The van der Waals surface area contributed by atoms with Crippen LogP contribution in [0.1, 0.15) is 22.3 Å². The van der Waals surface area contributed by atoms with Crippen molar-refractivity contribution >= 4 is 43.5 Å². The molecule has 0 saturated carbocycles. The van der Waals surface area contributed by atoms with Crippen LogP contribution in [-0.2, 0) is 5.41 Å². The molecule has 13 aromatic rings.